The first-order valence-electron chi connectivity index (χ1n) is 6.11. The van der Waals surface area contributed by atoms with E-state index in [4.69, 9.17) is 5.73 Å². The largest absolute Gasteiger partial charge is 0.367 e. The normalized spacial score (nSPS) is 24.6. The summed E-state index contributed by atoms with van der Waals surface area (Å²) >= 11 is 0. The number of hydrogen-bond donors (Lipinski definition) is 2. The van der Waals surface area contributed by atoms with Gasteiger partial charge in [0.15, 0.2) is 0 Å². The van der Waals surface area contributed by atoms with Crippen LogP contribution in [0.2, 0.25) is 0 Å². The quantitative estimate of drug-likeness (QED) is 0.808. The molecule has 1 aromatic heterocycles. The van der Waals surface area contributed by atoms with E-state index < -0.39 is 0 Å². The monoisotopic (exact) mass is 220 g/mol. The molecule has 1 fully saturated rings. The van der Waals surface area contributed by atoms with E-state index in [0.717, 1.165) is 24.5 Å². The summed E-state index contributed by atoms with van der Waals surface area (Å²) in [5.41, 5.74) is 6.84. The zero-order valence-corrected chi connectivity index (χ0v) is 9.82. The highest BCUT2D eigenvalue weighted by molar-refractivity contribution is 5.36. The highest BCUT2D eigenvalue weighted by Crippen LogP contribution is 2.27. The fourth-order valence-electron chi connectivity index (χ4n) is 2.37. The van der Waals surface area contributed by atoms with Gasteiger partial charge in [0.1, 0.15) is 12.1 Å². The standard InChI is InChI=1S/C12H20N4/c1-2-10-6-12(15-8-14-10)16-11-5-3-4-9(11)7-13/h6,8-9,11H,2-5,7,13H2,1H3,(H,14,15,16). The first kappa shape index (κ1) is 11.3. The number of anilines is 1. The maximum Gasteiger partial charge on any atom is 0.129 e. The van der Waals surface area contributed by atoms with Gasteiger partial charge in [0.25, 0.3) is 0 Å². The molecule has 0 radical (unpaired) electrons. The highest BCUT2D eigenvalue weighted by atomic mass is 15.0. The summed E-state index contributed by atoms with van der Waals surface area (Å²) in [6, 6.07) is 2.52. The van der Waals surface area contributed by atoms with Crippen molar-refractivity contribution in [2.24, 2.45) is 11.7 Å². The molecule has 88 valence electrons. The number of rotatable bonds is 4. The summed E-state index contributed by atoms with van der Waals surface area (Å²) < 4.78 is 0. The number of nitrogens with one attached hydrogen (secondary N) is 1. The Morgan fingerprint density at radius 3 is 3.06 bits per heavy atom. The molecule has 0 spiro atoms. The summed E-state index contributed by atoms with van der Waals surface area (Å²) in [5.74, 6) is 1.54. The Labute approximate surface area is 96.7 Å². The third kappa shape index (κ3) is 2.50. The second-order valence-corrected chi connectivity index (χ2v) is 4.43. The summed E-state index contributed by atoms with van der Waals surface area (Å²) in [6.07, 6.45) is 6.29. The second-order valence-electron chi connectivity index (χ2n) is 4.43. The van der Waals surface area contributed by atoms with Crippen LogP contribution in [0.15, 0.2) is 12.4 Å². The van der Waals surface area contributed by atoms with Crippen LogP contribution in [0.25, 0.3) is 0 Å². The number of nitrogens with two attached hydrogens (primary N) is 1. The van der Waals surface area contributed by atoms with Crippen LogP contribution < -0.4 is 11.1 Å². The summed E-state index contributed by atoms with van der Waals surface area (Å²) in [4.78, 5) is 8.45. The fourth-order valence-corrected chi connectivity index (χ4v) is 2.37. The van der Waals surface area contributed by atoms with E-state index >= 15 is 0 Å². The average Bonchev–Trinajstić information content (AvgIpc) is 2.76. The first-order chi connectivity index (χ1) is 7.83. The van der Waals surface area contributed by atoms with Crippen molar-refractivity contribution in [1.29, 1.82) is 0 Å². The van der Waals surface area contributed by atoms with Gasteiger partial charge in [-0.3, -0.25) is 0 Å². The van der Waals surface area contributed by atoms with Crippen LogP contribution in [-0.4, -0.2) is 22.6 Å². The molecule has 2 unspecified atom stereocenters. The molecule has 0 aromatic carbocycles. The number of hydrogen-bond acceptors (Lipinski definition) is 4. The molecule has 2 rings (SSSR count). The Morgan fingerprint density at radius 2 is 2.31 bits per heavy atom. The van der Waals surface area contributed by atoms with Crippen LogP contribution in [0.1, 0.15) is 31.9 Å². The van der Waals surface area contributed by atoms with Gasteiger partial charge in [-0.05, 0) is 31.7 Å². The van der Waals surface area contributed by atoms with E-state index in [1.54, 1.807) is 6.33 Å². The average molecular weight is 220 g/mol. The molecule has 2 atom stereocenters. The summed E-state index contributed by atoms with van der Waals surface area (Å²) in [6.45, 7) is 2.87. The molecule has 4 heteroatoms. The van der Waals surface area contributed by atoms with Crippen LogP contribution >= 0.6 is 0 Å². The Bertz CT molecular complexity index is 340. The maximum atomic E-state index is 5.76. The van der Waals surface area contributed by atoms with Gasteiger partial charge >= 0.3 is 0 Å². The Morgan fingerprint density at radius 1 is 1.44 bits per heavy atom. The topological polar surface area (TPSA) is 63.8 Å². The SMILES string of the molecule is CCc1cc(NC2CCCC2CN)ncn1. The lowest BCUT2D eigenvalue weighted by Gasteiger charge is -2.20. The van der Waals surface area contributed by atoms with E-state index in [2.05, 4.69) is 22.2 Å². The number of aryl methyl sites for hydroxylation is 1. The van der Waals surface area contributed by atoms with Crippen LogP contribution in [0.4, 0.5) is 5.82 Å². The van der Waals surface area contributed by atoms with Gasteiger partial charge in [-0.15, -0.1) is 0 Å². The molecule has 0 saturated heterocycles. The molecular formula is C12H20N4. The van der Waals surface area contributed by atoms with E-state index in [1.165, 1.54) is 19.3 Å². The highest BCUT2D eigenvalue weighted by Gasteiger charge is 2.25. The van der Waals surface area contributed by atoms with Crippen LogP contribution in [0, 0.1) is 5.92 Å². The van der Waals surface area contributed by atoms with Gasteiger partial charge in [0.05, 0.1) is 0 Å². The molecule has 4 nitrogen and oxygen atoms in total. The van der Waals surface area contributed by atoms with Crippen molar-refractivity contribution in [2.75, 3.05) is 11.9 Å². The molecule has 0 bridgehead atoms. The maximum absolute atomic E-state index is 5.76. The van der Waals surface area contributed by atoms with Crippen molar-refractivity contribution in [3.63, 3.8) is 0 Å². The molecule has 3 N–H and O–H groups in total. The van der Waals surface area contributed by atoms with E-state index in [0.29, 0.717) is 12.0 Å². The molecule has 1 aliphatic rings. The molecule has 1 saturated carbocycles. The molecule has 1 heterocycles. The van der Waals surface area contributed by atoms with Crippen molar-refractivity contribution >= 4 is 5.82 Å². The predicted molar refractivity (Wildman–Crippen MR) is 65.2 cm³/mol. The van der Waals surface area contributed by atoms with Crippen molar-refractivity contribution in [3.05, 3.63) is 18.1 Å². The summed E-state index contributed by atoms with van der Waals surface area (Å²) in [7, 11) is 0. The minimum atomic E-state index is 0.490. The van der Waals surface area contributed by atoms with Crippen LogP contribution in [-0.2, 0) is 6.42 Å². The van der Waals surface area contributed by atoms with Gasteiger partial charge in [-0.25, -0.2) is 9.97 Å². The first-order valence-corrected chi connectivity index (χ1v) is 6.11. The zero-order chi connectivity index (χ0) is 11.4. The Kier molecular flexibility index (Phi) is 3.72. The van der Waals surface area contributed by atoms with E-state index in [9.17, 15) is 0 Å². The molecule has 1 aromatic rings. The van der Waals surface area contributed by atoms with Gasteiger partial charge in [0, 0.05) is 17.8 Å². The number of aromatic nitrogens is 2. The Balaban J connectivity index is 2.02. The molecule has 0 aliphatic heterocycles. The molecule has 1 aliphatic carbocycles. The lowest BCUT2D eigenvalue weighted by atomic mass is 10.0. The summed E-state index contributed by atoms with van der Waals surface area (Å²) in [5, 5.41) is 3.49. The zero-order valence-electron chi connectivity index (χ0n) is 9.82. The van der Waals surface area contributed by atoms with Crippen molar-refractivity contribution in [1.82, 2.24) is 9.97 Å². The van der Waals surface area contributed by atoms with Gasteiger partial charge in [-0.2, -0.15) is 0 Å². The second kappa shape index (κ2) is 5.25. The van der Waals surface area contributed by atoms with Crippen molar-refractivity contribution < 1.29 is 0 Å². The van der Waals surface area contributed by atoms with Crippen LogP contribution in [0.5, 0.6) is 0 Å². The molecule has 0 amide bonds. The third-order valence-corrected chi connectivity index (χ3v) is 3.38. The third-order valence-electron chi connectivity index (χ3n) is 3.38. The minimum Gasteiger partial charge on any atom is -0.367 e. The predicted octanol–water partition coefficient (Wildman–Crippen LogP) is 1.58. The van der Waals surface area contributed by atoms with Gasteiger partial charge in [-0.1, -0.05) is 13.3 Å². The smallest absolute Gasteiger partial charge is 0.129 e. The fraction of sp³-hybridized carbons (Fsp3) is 0.667. The van der Waals surface area contributed by atoms with Gasteiger partial charge < -0.3 is 11.1 Å². The van der Waals surface area contributed by atoms with Crippen LogP contribution in [0.3, 0.4) is 0 Å². The number of nitrogens with zero attached hydrogens (tertiary/aromatic N) is 2. The lowest BCUT2D eigenvalue weighted by Crippen LogP contribution is -2.29. The minimum absolute atomic E-state index is 0.490. The van der Waals surface area contributed by atoms with Crippen molar-refractivity contribution in [3.8, 4) is 0 Å². The van der Waals surface area contributed by atoms with Crippen molar-refractivity contribution in [2.45, 2.75) is 38.6 Å². The lowest BCUT2D eigenvalue weighted by molar-refractivity contribution is 0.515. The molecule has 16 heavy (non-hydrogen) atoms. The van der Waals surface area contributed by atoms with E-state index in [1.807, 2.05) is 6.07 Å². The van der Waals surface area contributed by atoms with E-state index in [-0.39, 0.29) is 0 Å². The Hall–Kier alpha value is -1.16. The van der Waals surface area contributed by atoms with Gasteiger partial charge in [0.2, 0.25) is 0 Å². The molecular weight excluding hydrogens is 200 g/mol.